The predicted octanol–water partition coefficient (Wildman–Crippen LogP) is 5.71. The Morgan fingerprint density at radius 2 is 1.62 bits per heavy atom. The summed E-state index contributed by atoms with van der Waals surface area (Å²) in [5, 5.41) is 10.2. The maximum absolute atomic E-state index is 10.2. The van der Waals surface area contributed by atoms with E-state index in [1.54, 1.807) is 0 Å². The molecule has 0 bridgehead atoms. The number of aromatic nitrogens is 2. The minimum Gasteiger partial charge on any atom is -0.340 e. The second-order valence-corrected chi connectivity index (χ2v) is 10.4. The van der Waals surface area contributed by atoms with E-state index in [1.165, 1.54) is 5.52 Å². The van der Waals surface area contributed by atoms with Gasteiger partial charge < -0.3 is 9.47 Å². The van der Waals surface area contributed by atoms with Gasteiger partial charge in [0.15, 0.2) is 0 Å². The zero-order valence-electron chi connectivity index (χ0n) is 21.2. The summed E-state index contributed by atoms with van der Waals surface area (Å²) in [7, 11) is 0. The number of benzene rings is 2. The van der Waals surface area contributed by atoms with Crippen molar-refractivity contribution in [1.29, 1.82) is 5.26 Å². The summed E-state index contributed by atoms with van der Waals surface area (Å²) in [5.41, 5.74) is 3.06. The molecular formula is C29H39N5. The highest BCUT2D eigenvalue weighted by molar-refractivity contribution is 5.78. The number of fused-ring (bicyclic) bond motifs is 1. The minimum absolute atomic E-state index is 0.283. The molecule has 180 valence electrons. The summed E-state index contributed by atoms with van der Waals surface area (Å²) in [6, 6.07) is 21.5. The van der Waals surface area contributed by atoms with Gasteiger partial charge in [0.25, 0.3) is 0 Å². The van der Waals surface area contributed by atoms with E-state index >= 15 is 0 Å². The molecule has 0 N–H and O–H groups in total. The van der Waals surface area contributed by atoms with Crippen LogP contribution in [0.4, 0.5) is 5.95 Å². The third-order valence-electron chi connectivity index (χ3n) is 7.36. The molecular weight excluding hydrogens is 418 g/mol. The Kier molecular flexibility index (Phi) is 7.58. The molecule has 1 fully saturated rings. The lowest BCUT2D eigenvalue weighted by molar-refractivity contribution is 0.237. The van der Waals surface area contributed by atoms with Gasteiger partial charge in [-0.15, -0.1) is 0 Å². The molecule has 1 saturated heterocycles. The Morgan fingerprint density at radius 1 is 0.941 bits per heavy atom. The molecule has 0 spiro atoms. The lowest BCUT2D eigenvalue weighted by Gasteiger charge is -2.37. The van der Waals surface area contributed by atoms with Crippen molar-refractivity contribution >= 4 is 17.0 Å². The first kappa shape index (κ1) is 24.3. The monoisotopic (exact) mass is 457 g/mol. The van der Waals surface area contributed by atoms with Crippen LogP contribution in [0.15, 0.2) is 54.6 Å². The van der Waals surface area contributed by atoms with Crippen LogP contribution in [0.5, 0.6) is 0 Å². The lowest BCUT2D eigenvalue weighted by Crippen LogP contribution is -2.47. The van der Waals surface area contributed by atoms with Crippen molar-refractivity contribution in [3.8, 4) is 6.07 Å². The average molecular weight is 458 g/mol. The van der Waals surface area contributed by atoms with Crippen LogP contribution in [0, 0.1) is 23.2 Å². The molecule has 3 aromatic rings. The summed E-state index contributed by atoms with van der Waals surface area (Å²) in [6.45, 7) is 15.0. The maximum atomic E-state index is 10.2. The molecule has 1 aliphatic rings. The summed E-state index contributed by atoms with van der Waals surface area (Å²) in [6.07, 6.45) is 1.93. The molecule has 1 unspecified atom stereocenters. The highest BCUT2D eigenvalue weighted by atomic mass is 15.4. The fourth-order valence-electron chi connectivity index (χ4n) is 5.35. The molecule has 5 nitrogen and oxygen atoms in total. The van der Waals surface area contributed by atoms with Crippen LogP contribution in [-0.4, -0.2) is 47.2 Å². The molecule has 2 aromatic carbocycles. The Morgan fingerprint density at radius 3 is 2.26 bits per heavy atom. The van der Waals surface area contributed by atoms with Crippen LogP contribution in [0.25, 0.3) is 11.0 Å². The van der Waals surface area contributed by atoms with E-state index in [0.29, 0.717) is 5.92 Å². The second kappa shape index (κ2) is 10.6. The van der Waals surface area contributed by atoms with Gasteiger partial charge >= 0.3 is 0 Å². The van der Waals surface area contributed by atoms with E-state index in [2.05, 4.69) is 96.7 Å². The molecule has 0 aliphatic carbocycles. The van der Waals surface area contributed by atoms with Crippen molar-refractivity contribution in [1.82, 2.24) is 14.5 Å². The van der Waals surface area contributed by atoms with Crippen LogP contribution >= 0.6 is 0 Å². The zero-order chi connectivity index (χ0) is 24.1. The second-order valence-electron chi connectivity index (χ2n) is 10.4. The van der Waals surface area contributed by atoms with Crippen LogP contribution in [-0.2, 0) is 12.0 Å². The molecule has 1 aromatic heterocycles. The van der Waals surface area contributed by atoms with Crippen LogP contribution in [0.1, 0.15) is 46.1 Å². The fourth-order valence-corrected chi connectivity index (χ4v) is 5.35. The molecule has 4 rings (SSSR count). The minimum atomic E-state index is -0.412. The van der Waals surface area contributed by atoms with Gasteiger partial charge in [0.2, 0.25) is 5.95 Å². The van der Waals surface area contributed by atoms with Gasteiger partial charge in [0, 0.05) is 32.7 Å². The molecule has 0 amide bonds. The summed E-state index contributed by atoms with van der Waals surface area (Å²) in [5.74, 6) is 1.97. The molecule has 0 saturated carbocycles. The molecule has 0 radical (unpaired) electrons. The highest BCUT2D eigenvalue weighted by Gasteiger charge is 2.35. The third-order valence-corrected chi connectivity index (χ3v) is 7.36. The van der Waals surface area contributed by atoms with Gasteiger partial charge in [0.05, 0.1) is 22.5 Å². The standard InChI is InChI=1S/C29H39N5/c1-23(2)21-34-27-14-9-8-13-26(27)31-28(34)33-19-17-32(18-20-33)16-10-15-29(22-30,24(3)4)25-11-6-5-7-12-25/h5-9,11-14,23-24H,10,15-21H2,1-4H3. The molecule has 1 aliphatic heterocycles. The number of imidazole rings is 1. The Balaban J connectivity index is 1.38. The fraction of sp³-hybridized carbons (Fsp3) is 0.517. The number of hydrogen-bond donors (Lipinski definition) is 0. The molecule has 2 heterocycles. The van der Waals surface area contributed by atoms with Crippen molar-refractivity contribution in [2.24, 2.45) is 11.8 Å². The summed E-state index contributed by atoms with van der Waals surface area (Å²) < 4.78 is 2.40. The predicted molar refractivity (Wildman–Crippen MR) is 141 cm³/mol. The summed E-state index contributed by atoms with van der Waals surface area (Å²) >= 11 is 0. The smallest absolute Gasteiger partial charge is 0.206 e. The number of hydrogen-bond acceptors (Lipinski definition) is 4. The first-order valence-electron chi connectivity index (χ1n) is 12.8. The Labute approximate surface area is 205 Å². The van der Waals surface area contributed by atoms with Gasteiger partial charge in [0.1, 0.15) is 0 Å². The number of nitriles is 1. The van der Waals surface area contributed by atoms with Crippen molar-refractivity contribution < 1.29 is 0 Å². The molecule has 34 heavy (non-hydrogen) atoms. The normalized spacial score (nSPS) is 16.8. The SMILES string of the molecule is CC(C)Cn1c(N2CCN(CCCC(C#N)(c3ccccc3)C(C)C)CC2)nc2ccccc21. The van der Waals surface area contributed by atoms with Gasteiger partial charge in [-0.3, -0.25) is 4.90 Å². The van der Waals surface area contributed by atoms with E-state index in [-0.39, 0.29) is 5.92 Å². The zero-order valence-corrected chi connectivity index (χ0v) is 21.2. The van der Waals surface area contributed by atoms with E-state index in [9.17, 15) is 5.26 Å². The van der Waals surface area contributed by atoms with Crippen molar-refractivity contribution in [3.63, 3.8) is 0 Å². The van der Waals surface area contributed by atoms with Crippen LogP contribution in [0.2, 0.25) is 0 Å². The first-order chi connectivity index (χ1) is 16.4. The van der Waals surface area contributed by atoms with Crippen molar-refractivity contribution in [2.75, 3.05) is 37.6 Å². The van der Waals surface area contributed by atoms with Gasteiger partial charge in [-0.25, -0.2) is 4.98 Å². The molecule has 1 atom stereocenters. The van der Waals surface area contributed by atoms with Gasteiger partial charge in [-0.2, -0.15) is 5.26 Å². The van der Waals surface area contributed by atoms with Gasteiger partial charge in [-0.1, -0.05) is 70.2 Å². The first-order valence-corrected chi connectivity index (χ1v) is 12.8. The third kappa shape index (κ3) is 4.98. The van der Waals surface area contributed by atoms with E-state index in [0.717, 1.165) is 69.1 Å². The van der Waals surface area contributed by atoms with Crippen LogP contribution in [0.3, 0.4) is 0 Å². The average Bonchev–Trinajstić information content (AvgIpc) is 3.20. The topological polar surface area (TPSA) is 48.1 Å². The largest absolute Gasteiger partial charge is 0.340 e. The number of rotatable bonds is 9. The Hall–Kier alpha value is -2.84. The quantitative estimate of drug-likeness (QED) is 0.413. The summed E-state index contributed by atoms with van der Waals surface area (Å²) in [4.78, 5) is 10.0. The van der Waals surface area contributed by atoms with E-state index in [4.69, 9.17) is 4.98 Å². The lowest BCUT2D eigenvalue weighted by atomic mass is 9.70. The van der Waals surface area contributed by atoms with E-state index in [1.807, 2.05) is 6.07 Å². The number of anilines is 1. The van der Waals surface area contributed by atoms with Crippen molar-refractivity contribution in [2.45, 2.75) is 52.5 Å². The number of piperazine rings is 1. The van der Waals surface area contributed by atoms with Gasteiger partial charge in [-0.05, 0) is 48.9 Å². The van der Waals surface area contributed by atoms with E-state index < -0.39 is 5.41 Å². The maximum Gasteiger partial charge on any atom is 0.206 e. The number of nitrogens with zero attached hydrogens (tertiary/aromatic N) is 5. The Bertz CT molecular complexity index is 1100. The van der Waals surface area contributed by atoms with Crippen LogP contribution < -0.4 is 4.90 Å². The highest BCUT2D eigenvalue weighted by Crippen LogP contribution is 2.36. The number of para-hydroxylation sites is 2. The molecule has 5 heteroatoms. The van der Waals surface area contributed by atoms with Crippen molar-refractivity contribution in [3.05, 3.63) is 60.2 Å².